The van der Waals surface area contributed by atoms with E-state index in [0.717, 1.165) is 0 Å². The van der Waals surface area contributed by atoms with Crippen molar-refractivity contribution in [1.82, 2.24) is 5.32 Å². The Morgan fingerprint density at radius 2 is 2.11 bits per heavy atom. The van der Waals surface area contributed by atoms with Gasteiger partial charge in [0.1, 0.15) is 5.75 Å². The molecule has 0 saturated carbocycles. The highest BCUT2D eigenvalue weighted by molar-refractivity contribution is 7.89. The highest BCUT2D eigenvalue weighted by atomic mass is 32.2. The Balaban J connectivity index is 2.59. The molecule has 0 aromatic heterocycles. The maximum Gasteiger partial charge on any atom is 0.387 e. The van der Waals surface area contributed by atoms with Crippen LogP contribution in [0.25, 0.3) is 0 Å². The third-order valence-corrected chi connectivity index (χ3v) is 3.19. The van der Waals surface area contributed by atoms with Gasteiger partial charge in [-0.15, -0.1) is 0 Å². The van der Waals surface area contributed by atoms with Crippen LogP contribution in [-0.2, 0) is 10.0 Å². The van der Waals surface area contributed by atoms with Gasteiger partial charge in [-0.1, -0.05) is 12.1 Å². The first-order valence-electron chi connectivity index (χ1n) is 5.56. The lowest BCUT2D eigenvalue weighted by molar-refractivity contribution is -0.0499. The Morgan fingerprint density at radius 1 is 1.42 bits per heavy atom. The number of primary sulfonamides is 1. The second-order valence-corrected chi connectivity index (χ2v) is 5.73. The lowest BCUT2D eigenvalue weighted by Crippen LogP contribution is -2.28. The number of benzene rings is 1. The van der Waals surface area contributed by atoms with E-state index in [9.17, 15) is 17.2 Å². The molecular formula is C11H16F2N2O3S. The van der Waals surface area contributed by atoms with Crippen molar-refractivity contribution in [3.63, 3.8) is 0 Å². The van der Waals surface area contributed by atoms with E-state index in [1.54, 1.807) is 19.1 Å². The number of hydrogen-bond acceptors (Lipinski definition) is 4. The van der Waals surface area contributed by atoms with Gasteiger partial charge in [-0.05, 0) is 24.6 Å². The fourth-order valence-corrected chi connectivity index (χ4v) is 1.90. The zero-order chi connectivity index (χ0) is 14.5. The van der Waals surface area contributed by atoms with E-state index in [2.05, 4.69) is 10.1 Å². The number of halogens is 2. The molecule has 0 bridgehead atoms. The van der Waals surface area contributed by atoms with Crippen LogP contribution in [0.3, 0.4) is 0 Å². The Labute approximate surface area is 110 Å². The van der Waals surface area contributed by atoms with Gasteiger partial charge in [-0.25, -0.2) is 13.6 Å². The van der Waals surface area contributed by atoms with Crippen LogP contribution in [0, 0.1) is 0 Å². The number of ether oxygens (including phenoxy) is 1. The van der Waals surface area contributed by atoms with Crippen LogP contribution in [0.4, 0.5) is 8.78 Å². The van der Waals surface area contributed by atoms with Crippen molar-refractivity contribution in [2.24, 2.45) is 5.14 Å². The Kier molecular flexibility index (Phi) is 5.64. The Morgan fingerprint density at radius 3 is 2.68 bits per heavy atom. The van der Waals surface area contributed by atoms with E-state index < -0.39 is 16.6 Å². The molecule has 19 heavy (non-hydrogen) atoms. The van der Waals surface area contributed by atoms with Gasteiger partial charge in [0.05, 0.1) is 5.75 Å². The first-order valence-corrected chi connectivity index (χ1v) is 7.28. The predicted octanol–water partition coefficient (Wildman–Crippen LogP) is 1.23. The molecule has 0 spiro atoms. The summed E-state index contributed by atoms with van der Waals surface area (Å²) in [4.78, 5) is 0. The average molecular weight is 294 g/mol. The molecule has 0 fully saturated rings. The van der Waals surface area contributed by atoms with Crippen LogP contribution in [0.15, 0.2) is 24.3 Å². The molecule has 8 heteroatoms. The topological polar surface area (TPSA) is 81.4 Å². The molecule has 1 unspecified atom stereocenters. The molecule has 1 atom stereocenters. The maximum atomic E-state index is 12.1. The number of sulfonamides is 1. The highest BCUT2D eigenvalue weighted by Crippen LogP contribution is 2.20. The van der Waals surface area contributed by atoms with E-state index in [1.807, 2.05) is 0 Å². The minimum atomic E-state index is -3.51. The molecule has 1 rings (SSSR count). The molecule has 5 nitrogen and oxygen atoms in total. The van der Waals surface area contributed by atoms with Crippen LogP contribution in [-0.4, -0.2) is 27.3 Å². The largest absolute Gasteiger partial charge is 0.435 e. The second-order valence-electron chi connectivity index (χ2n) is 3.99. The van der Waals surface area contributed by atoms with Crippen molar-refractivity contribution in [2.45, 2.75) is 19.6 Å². The molecule has 0 aliphatic carbocycles. The molecular weight excluding hydrogens is 278 g/mol. The van der Waals surface area contributed by atoms with Crippen molar-refractivity contribution in [3.8, 4) is 5.75 Å². The first kappa shape index (κ1) is 15.8. The summed E-state index contributed by atoms with van der Waals surface area (Å²) in [5.41, 5.74) is 0.715. The third-order valence-electron chi connectivity index (χ3n) is 2.42. The van der Waals surface area contributed by atoms with Crippen molar-refractivity contribution in [3.05, 3.63) is 29.8 Å². The predicted molar refractivity (Wildman–Crippen MR) is 67.5 cm³/mol. The standard InChI is InChI=1S/C11H16F2N2O3S/c1-8(15-5-6-19(14,16)17)9-3-2-4-10(7-9)18-11(12)13/h2-4,7-8,11,15H,5-6H2,1H3,(H2,14,16,17). The summed E-state index contributed by atoms with van der Waals surface area (Å²) in [5.74, 6) is -0.127. The van der Waals surface area contributed by atoms with Gasteiger partial charge in [-0.2, -0.15) is 8.78 Å². The van der Waals surface area contributed by atoms with Gasteiger partial charge in [0.2, 0.25) is 10.0 Å². The summed E-state index contributed by atoms with van der Waals surface area (Å²) in [6.45, 7) is -0.911. The zero-order valence-corrected chi connectivity index (χ0v) is 11.2. The summed E-state index contributed by atoms with van der Waals surface area (Å²) < 4.78 is 49.9. The van der Waals surface area contributed by atoms with E-state index in [1.165, 1.54) is 12.1 Å². The summed E-state index contributed by atoms with van der Waals surface area (Å²) >= 11 is 0. The monoisotopic (exact) mass is 294 g/mol. The molecule has 0 aliphatic heterocycles. The number of hydrogen-bond donors (Lipinski definition) is 2. The lowest BCUT2D eigenvalue weighted by atomic mass is 10.1. The summed E-state index contributed by atoms with van der Waals surface area (Å²) in [6, 6.07) is 6.01. The van der Waals surface area contributed by atoms with Crippen molar-refractivity contribution in [1.29, 1.82) is 0 Å². The van der Waals surface area contributed by atoms with Crippen LogP contribution < -0.4 is 15.2 Å². The third kappa shape index (κ3) is 6.46. The molecule has 0 aliphatic rings. The van der Waals surface area contributed by atoms with E-state index in [4.69, 9.17) is 5.14 Å². The summed E-state index contributed by atoms with van der Waals surface area (Å²) in [6.07, 6.45) is 0. The SMILES string of the molecule is CC(NCCS(N)(=O)=O)c1cccc(OC(F)F)c1. The zero-order valence-electron chi connectivity index (χ0n) is 10.3. The van der Waals surface area contributed by atoms with Gasteiger partial charge in [0.25, 0.3) is 0 Å². The molecule has 0 radical (unpaired) electrons. The van der Waals surface area contributed by atoms with Gasteiger partial charge in [0.15, 0.2) is 0 Å². The lowest BCUT2D eigenvalue weighted by Gasteiger charge is -2.15. The molecule has 1 aromatic rings. The molecule has 0 saturated heterocycles. The van der Waals surface area contributed by atoms with E-state index >= 15 is 0 Å². The summed E-state index contributed by atoms with van der Waals surface area (Å²) in [7, 11) is -3.51. The van der Waals surface area contributed by atoms with Crippen molar-refractivity contribution in [2.75, 3.05) is 12.3 Å². The minimum absolute atomic E-state index is 0.0626. The fraction of sp³-hybridized carbons (Fsp3) is 0.455. The molecule has 0 amide bonds. The van der Waals surface area contributed by atoms with Gasteiger partial charge in [-0.3, -0.25) is 0 Å². The normalized spacial score (nSPS) is 13.5. The van der Waals surface area contributed by atoms with Gasteiger partial charge < -0.3 is 10.1 Å². The van der Waals surface area contributed by atoms with Crippen LogP contribution >= 0.6 is 0 Å². The highest BCUT2D eigenvalue weighted by Gasteiger charge is 2.10. The van der Waals surface area contributed by atoms with Crippen LogP contribution in [0.1, 0.15) is 18.5 Å². The fourth-order valence-electron chi connectivity index (χ4n) is 1.50. The summed E-state index contributed by atoms with van der Waals surface area (Å²) in [5, 5.41) is 7.80. The maximum absolute atomic E-state index is 12.1. The van der Waals surface area contributed by atoms with Crippen molar-refractivity contribution >= 4 is 10.0 Å². The van der Waals surface area contributed by atoms with E-state index in [-0.39, 0.29) is 24.1 Å². The Bertz CT molecular complexity index is 508. The molecule has 3 N–H and O–H groups in total. The van der Waals surface area contributed by atoms with Crippen molar-refractivity contribution < 1.29 is 21.9 Å². The van der Waals surface area contributed by atoms with Crippen LogP contribution in [0.2, 0.25) is 0 Å². The number of nitrogens with one attached hydrogen (secondary N) is 1. The number of rotatable bonds is 7. The molecule has 1 aromatic carbocycles. The Hall–Kier alpha value is -1.25. The van der Waals surface area contributed by atoms with Crippen LogP contribution in [0.5, 0.6) is 5.75 Å². The number of nitrogens with two attached hydrogens (primary N) is 1. The average Bonchev–Trinajstić information content (AvgIpc) is 2.26. The molecule has 0 heterocycles. The minimum Gasteiger partial charge on any atom is -0.435 e. The number of alkyl halides is 2. The quantitative estimate of drug-likeness (QED) is 0.792. The second kappa shape index (κ2) is 6.78. The van der Waals surface area contributed by atoms with Gasteiger partial charge in [0, 0.05) is 12.6 Å². The van der Waals surface area contributed by atoms with Gasteiger partial charge >= 0.3 is 6.61 Å². The first-order chi connectivity index (χ1) is 8.78. The molecule has 108 valence electrons. The van der Waals surface area contributed by atoms with E-state index in [0.29, 0.717) is 5.56 Å². The smallest absolute Gasteiger partial charge is 0.387 e.